The first-order valence-electron chi connectivity index (χ1n) is 9.87. The van der Waals surface area contributed by atoms with Crippen LogP contribution in [0.15, 0.2) is 48.5 Å². The molecule has 3 heterocycles. The normalized spacial score (nSPS) is 15.9. The Morgan fingerprint density at radius 1 is 0.929 bits per heavy atom. The quantitative estimate of drug-likeness (QED) is 0.706. The van der Waals surface area contributed by atoms with Gasteiger partial charge in [0, 0.05) is 32.4 Å². The number of benzene rings is 2. The standard InChI is InChI=1S/C22H23N5O/c1-25-20(21(28)26-13-5-6-14-26)23-24-22(25)27-15-12-18-17(10-7-11-19(18)27)16-8-3-2-4-9-16/h2-4,7-11H,5-6,12-15H2,1H3. The molecule has 2 aliphatic heterocycles. The van der Waals surface area contributed by atoms with Crippen LogP contribution in [-0.2, 0) is 13.5 Å². The van der Waals surface area contributed by atoms with E-state index in [0.29, 0.717) is 5.82 Å². The number of anilines is 2. The van der Waals surface area contributed by atoms with Gasteiger partial charge < -0.3 is 9.80 Å². The highest BCUT2D eigenvalue weighted by Crippen LogP contribution is 2.39. The van der Waals surface area contributed by atoms with Crippen LogP contribution in [0.2, 0.25) is 0 Å². The molecule has 5 rings (SSSR count). The van der Waals surface area contributed by atoms with E-state index in [2.05, 4.69) is 57.6 Å². The first-order chi connectivity index (χ1) is 13.7. The smallest absolute Gasteiger partial charge is 0.291 e. The van der Waals surface area contributed by atoms with E-state index >= 15 is 0 Å². The average molecular weight is 373 g/mol. The van der Waals surface area contributed by atoms with Gasteiger partial charge >= 0.3 is 0 Å². The van der Waals surface area contributed by atoms with Crippen LogP contribution in [0.1, 0.15) is 29.0 Å². The number of fused-ring (bicyclic) bond motifs is 1. The lowest BCUT2D eigenvalue weighted by molar-refractivity contribution is 0.0777. The molecule has 1 fully saturated rings. The van der Waals surface area contributed by atoms with Gasteiger partial charge in [-0.15, -0.1) is 10.2 Å². The molecule has 28 heavy (non-hydrogen) atoms. The van der Waals surface area contributed by atoms with E-state index in [1.54, 1.807) is 0 Å². The molecule has 0 unspecified atom stereocenters. The number of carbonyl (C=O) groups is 1. The average Bonchev–Trinajstić information content (AvgIpc) is 3.47. The summed E-state index contributed by atoms with van der Waals surface area (Å²) in [6, 6.07) is 16.9. The van der Waals surface area contributed by atoms with E-state index in [1.165, 1.54) is 16.7 Å². The van der Waals surface area contributed by atoms with Crippen LogP contribution in [0.3, 0.4) is 0 Å². The van der Waals surface area contributed by atoms with E-state index in [4.69, 9.17) is 0 Å². The molecule has 3 aromatic rings. The fraction of sp³-hybridized carbons (Fsp3) is 0.318. The molecule has 0 saturated carbocycles. The lowest BCUT2D eigenvalue weighted by atomic mass is 9.98. The Morgan fingerprint density at radius 3 is 2.50 bits per heavy atom. The molecule has 1 amide bonds. The van der Waals surface area contributed by atoms with Crippen molar-refractivity contribution < 1.29 is 4.79 Å². The summed E-state index contributed by atoms with van der Waals surface area (Å²) in [5.41, 5.74) is 4.96. The number of likely N-dealkylation sites (tertiary alicyclic amines) is 1. The molecule has 6 nitrogen and oxygen atoms in total. The summed E-state index contributed by atoms with van der Waals surface area (Å²) in [6.07, 6.45) is 3.08. The first kappa shape index (κ1) is 17.0. The molecule has 2 aliphatic rings. The molecular weight excluding hydrogens is 350 g/mol. The summed E-state index contributed by atoms with van der Waals surface area (Å²) in [5, 5.41) is 8.62. The Hall–Kier alpha value is -3.15. The van der Waals surface area contributed by atoms with Crippen LogP contribution < -0.4 is 4.90 Å². The minimum atomic E-state index is -0.0174. The third kappa shape index (κ3) is 2.68. The highest BCUT2D eigenvalue weighted by Gasteiger charge is 2.30. The number of hydrogen-bond acceptors (Lipinski definition) is 4. The van der Waals surface area contributed by atoms with E-state index in [-0.39, 0.29) is 5.91 Å². The van der Waals surface area contributed by atoms with Gasteiger partial charge in [-0.1, -0.05) is 42.5 Å². The van der Waals surface area contributed by atoms with Crippen molar-refractivity contribution in [2.75, 3.05) is 24.5 Å². The Bertz CT molecular complexity index is 1020. The van der Waals surface area contributed by atoms with Crippen molar-refractivity contribution in [1.82, 2.24) is 19.7 Å². The molecule has 6 heteroatoms. The molecule has 0 radical (unpaired) electrons. The number of carbonyl (C=O) groups excluding carboxylic acids is 1. The zero-order valence-electron chi connectivity index (χ0n) is 16.0. The second-order valence-corrected chi connectivity index (χ2v) is 7.45. The topological polar surface area (TPSA) is 54.3 Å². The van der Waals surface area contributed by atoms with Crippen LogP contribution in [-0.4, -0.2) is 45.2 Å². The van der Waals surface area contributed by atoms with Gasteiger partial charge in [0.25, 0.3) is 5.91 Å². The van der Waals surface area contributed by atoms with Gasteiger partial charge in [-0.2, -0.15) is 0 Å². The zero-order chi connectivity index (χ0) is 19.1. The number of hydrogen-bond donors (Lipinski definition) is 0. The number of nitrogens with zero attached hydrogens (tertiary/aromatic N) is 5. The van der Waals surface area contributed by atoms with Gasteiger partial charge in [0.2, 0.25) is 11.8 Å². The molecule has 0 spiro atoms. The highest BCUT2D eigenvalue weighted by atomic mass is 16.2. The van der Waals surface area contributed by atoms with Gasteiger partial charge in [0.05, 0.1) is 0 Å². The number of amides is 1. The van der Waals surface area contributed by atoms with E-state index in [9.17, 15) is 4.79 Å². The van der Waals surface area contributed by atoms with Gasteiger partial charge in [0.15, 0.2) is 0 Å². The van der Waals surface area contributed by atoms with Gasteiger partial charge in [-0.3, -0.25) is 9.36 Å². The summed E-state index contributed by atoms with van der Waals surface area (Å²) >= 11 is 0. The van der Waals surface area contributed by atoms with Gasteiger partial charge in [-0.05, 0) is 42.0 Å². The van der Waals surface area contributed by atoms with Crippen molar-refractivity contribution in [3.05, 3.63) is 59.9 Å². The van der Waals surface area contributed by atoms with E-state index in [1.807, 2.05) is 22.6 Å². The summed E-state index contributed by atoms with van der Waals surface area (Å²) in [7, 11) is 1.89. The third-order valence-electron chi connectivity index (χ3n) is 5.79. The molecule has 142 valence electrons. The molecule has 0 atom stereocenters. The van der Waals surface area contributed by atoms with Crippen LogP contribution in [0.5, 0.6) is 0 Å². The van der Waals surface area contributed by atoms with E-state index in [0.717, 1.165) is 50.5 Å². The minimum absolute atomic E-state index is 0.0174. The van der Waals surface area contributed by atoms with Crippen LogP contribution in [0.25, 0.3) is 11.1 Å². The van der Waals surface area contributed by atoms with Crippen molar-refractivity contribution in [3.63, 3.8) is 0 Å². The molecule has 1 saturated heterocycles. The lowest BCUT2D eigenvalue weighted by Crippen LogP contribution is -2.30. The molecule has 1 aromatic heterocycles. The maximum absolute atomic E-state index is 12.8. The first-order valence-corrected chi connectivity index (χ1v) is 9.87. The monoisotopic (exact) mass is 373 g/mol. The summed E-state index contributed by atoms with van der Waals surface area (Å²) in [5.74, 6) is 1.13. The molecule has 0 aliphatic carbocycles. The summed E-state index contributed by atoms with van der Waals surface area (Å²) in [4.78, 5) is 16.8. The van der Waals surface area contributed by atoms with Crippen LogP contribution in [0.4, 0.5) is 11.6 Å². The lowest BCUT2D eigenvalue weighted by Gasteiger charge is -2.19. The predicted octanol–water partition coefficient (Wildman–Crippen LogP) is 3.41. The van der Waals surface area contributed by atoms with Gasteiger partial charge in [-0.25, -0.2) is 0 Å². The number of aromatic nitrogens is 3. The van der Waals surface area contributed by atoms with E-state index < -0.39 is 0 Å². The second kappa shape index (κ2) is 6.78. The molecule has 0 N–H and O–H groups in total. The largest absolute Gasteiger partial charge is 0.336 e. The fourth-order valence-electron chi connectivity index (χ4n) is 4.33. The Balaban J connectivity index is 1.50. The Kier molecular flexibility index (Phi) is 4.11. The predicted molar refractivity (Wildman–Crippen MR) is 109 cm³/mol. The van der Waals surface area contributed by atoms with Crippen molar-refractivity contribution >= 4 is 17.5 Å². The third-order valence-corrected chi connectivity index (χ3v) is 5.79. The molecular formula is C22H23N5O. The minimum Gasteiger partial charge on any atom is -0.336 e. The Labute approximate surface area is 164 Å². The molecule has 0 bridgehead atoms. The maximum atomic E-state index is 12.8. The van der Waals surface area contributed by atoms with Gasteiger partial charge in [0.1, 0.15) is 0 Å². The van der Waals surface area contributed by atoms with Crippen molar-refractivity contribution in [3.8, 4) is 11.1 Å². The summed E-state index contributed by atoms with van der Waals surface area (Å²) in [6.45, 7) is 2.46. The second-order valence-electron chi connectivity index (χ2n) is 7.45. The Morgan fingerprint density at radius 2 is 1.71 bits per heavy atom. The fourth-order valence-corrected chi connectivity index (χ4v) is 4.33. The van der Waals surface area contributed by atoms with Crippen LogP contribution in [0, 0.1) is 0 Å². The van der Waals surface area contributed by atoms with Crippen molar-refractivity contribution in [1.29, 1.82) is 0 Å². The highest BCUT2D eigenvalue weighted by molar-refractivity contribution is 5.91. The number of rotatable bonds is 3. The zero-order valence-corrected chi connectivity index (χ0v) is 16.0. The van der Waals surface area contributed by atoms with Crippen LogP contribution >= 0.6 is 0 Å². The maximum Gasteiger partial charge on any atom is 0.291 e. The van der Waals surface area contributed by atoms with Crippen molar-refractivity contribution in [2.24, 2.45) is 7.05 Å². The SMILES string of the molecule is Cn1c(C(=O)N2CCCC2)nnc1N1CCc2c(-c3ccccc3)cccc21. The van der Waals surface area contributed by atoms with Crippen molar-refractivity contribution in [2.45, 2.75) is 19.3 Å². The molecule has 2 aromatic carbocycles. The summed E-state index contributed by atoms with van der Waals surface area (Å²) < 4.78 is 1.84.